The van der Waals surface area contributed by atoms with Crippen molar-refractivity contribution in [2.75, 3.05) is 12.4 Å². The summed E-state index contributed by atoms with van der Waals surface area (Å²) in [6, 6.07) is 5.65. The Balaban J connectivity index is 2.68. The summed E-state index contributed by atoms with van der Waals surface area (Å²) in [6.07, 6.45) is 0.881. The second-order valence-electron chi connectivity index (χ2n) is 4.84. The average Bonchev–Trinajstić information content (AvgIpc) is 2.23. The summed E-state index contributed by atoms with van der Waals surface area (Å²) >= 11 is 12.0. The van der Waals surface area contributed by atoms with Crippen LogP contribution in [0.3, 0.4) is 0 Å². The Morgan fingerprint density at radius 3 is 2.59 bits per heavy atom. The van der Waals surface area contributed by atoms with Crippen LogP contribution in [0.25, 0.3) is 0 Å². The predicted molar refractivity (Wildman–Crippen MR) is 75.3 cm³/mol. The third kappa shape index (κ3) is 4.74. The number of hydrogen-bond acceptors (Lipinski definition) is 2. The lowest BCUT2D eigenvalue weighted by Gasteiger charge is -2.27. The molecule has 1 N–H and O–H groups in total. The fourth-order valence-electron chi connectivity index (χ4n) is 1.75. The first-order valence-corrected chi connectivity index (χ1v) is 6.36. The van der Waals surface area contributed by atoms with Gasteiger partial charge < -0.3 is 10.1 Å². The smallest absolute Gasteiger partial charge is 0.0642 e. The van der Waals surface area contributed by atoms with Crippen molar-refractivity contribution in [3.05, 3.63) is 28.2 Å². The normalized spacial score (nSPS) is 13.5. The van der Waals surface area contributed by atoms with Gasteiger partial charge in [0.2, 0.25) is 0 Å². The van der Waals surface area contributed by atoms with Crippen molar-refractivity contribution in [1.29, 1.82) is 0 Å². The van der Waals surface area contributed by atoms with Crippen molar-refractivity contribution >= 4 is 28.9 Å². The van der Waals surface area contributed by atoms with Crippen molar-refractivity contribution in [1.82, 2.24) is 0 Å². The first-order valence-electron chi connectivity index (χ1n) is 5.61. The molecule has 1 unspecified atom stereocenters. The molecule has 0 heterocycles. The topological polar surface area (TPSA) is 21.3 Å². The second-order valence-corrected chi connectivity index (χ2v) is 5.68. The van der Waals surface area contributed by atoms with E-state index in [4.69, 9.17) is 27.9 Å². The Morgan fingerprint density at radius 1 is 1.35 bits per heavy atom. The molecule has 0 aliphatic heterocycles. The van der Waals surface area contributed by atoms with Crippen LogP contribution in [0.5, 0.6) is 0 Å². The van der Waals surface area contributed by atoms with Crippen LogP contribution in [0.2, 0.25) is 10.0 Å². The van der Waals surface area contributed by atoms with E-state index in [9.17, 15) is 0 Å². The molecule has 0 spiro atoms. The maximum absolute atomic E-state index is 6.09. The first-order chi connectivity index (χ1) is 7.84. The molecule has 0 saturated heterocycles. The molecule has 1 atom stereocenters. The third-order valence-corrected chi connectivity index (χ3v) is 3.25. The van der Waals surface area contributed by atoms with E-state index in [0.29, 0.717) is 10.0 Å². The van der Waals surface area contributed by atoms with Gasteiger partial charge in [0.15, 0.2) is 0 Å². The number of methoxy groups -OCH3 is 1. The summed E-state index contributed by atoms with van der Waals surface area (Å²) in [7, 11) is 1.72. The first kappa shape index (κ1) is 14.6. The highest BCUT2D eigenvalue weighted by atomic mass is 35.5. The van der Waals surface area contributed by atoms with Gasteiger partial charge in [-0.15, -0.1) is 0 Å². The fourth-order valence-corrected chi connectivity index (χ4v) is 2.09. The van der Waals surface area contributed by atoms with E-state index in [-0.39, 0.29) is 11.6 Å². The summed E-state index contributed by atoms with van der Waals surface area (Å²) in [4.78, 5) is 0. The maximum Gasteiger partial charge on any atom is 0.0642 e. The van der Waals surface area contributed by atoms with Crippen LogP contribution in [0.1, 0.15) is 27.2 Å². The maximum atomic E-state index is 6.09. The molecular weight excluding hydrogens is 257 g/mol. The molecule has 1 aromatic carbocycles. The van der Waals surface area contributed by atoms with Crippen LogP contribution in [0.4, 0.5) is 5.69 Å². The van der Waals surface area contributed by atoms with Crippen molar-refractivity contribution in [3.63, 3.8) is 0 Å². The SMILES string of the molecule is COC(C)(C)CC(C)Nc1cc(Cl)ccc1Cl. The van der Waals surface area contributed by atoms with Crippen LogP contribution >= 0.6 is 23.2 Å². The van der Waals surface area contributed by atoms with Gasteiger partial charge in [-0.05, 0) is 45.4 Å². The van der Waals surface area contributed by atoms with E-state index < -0.39 is 0 Å². The largest absolute Gasteiger partial charge is 0.381 e. The van der Waals surface area contributed by atoms with Crippen molar-refractivity contribution in [3.8, 4) is 0 Å². The molecule has 0 aromatic heterocycles. The van der Waals surface area contributed by atoms with Gasteiger partial charge in [0.1, 0.15) is 0 Å². The minimum Gasteiger partial charge on any atom is -0.381 e. The number of halogens is 2. The van der Waals surface area contributed by atoms with Crippen LogP contribution in [-0.2, 0) is 4.74 Å². The number of ether oxygens (including phenoxy) is 1. The van der Waals surface area contributed by atoms with E-state index in [1.54, 1.807) is 19.2 Å². The van der Waals surface area contributed by atoms with Gasteiger partial charge in [-0.25, -0.2) is 0 Å². The van der Waals surface area contributed by atoms with Crippen LogP contribution in [-0.4, -0.2) is 18.8 Å². The van der Waals surface area contributed by atoms with E-state index >= 15 is 0 Å². The highest BCUT2D eigenvalue weighted by molar-refractivity contribution is 6.35. The fraction of sp³-hybridized carbons (Fsp3) is 0.538. The average molecular weight is 276 g/mol. The van der Waals surface area contributed by atoms with Gasteiger partial charge in [-0.2, -0.15) is 0 Å². The zero-order chi connectivity index (χ0) is 13.1. The summed E-state index contributed by atoms with van der Waals surface area (Å²) in [5, 5.41) is 4.70. The summed E-state index contributed by atoms with van der Waals surface area (Å²) in [5.74, 6) is 0. The Kier molecular flexibility index (Phi) is 5.11. The van der Waals surface area contributed by atoms with Crippen LogP contribution < -0.4 is 5.32 Å². The molecule has 0 aliphatic carbocycles. The standard InChI is InChI=1S/C13H19Cl2NO/c1-9(8-13(2,3)17-4)16-12-7-10(14)5-6-11(12)15/h5-7,9,16H,8H2,1-4H3. The van der Waals surface area contributed by atoms with E-state index in [1.165, 1.54) is 0 Å². The van der Waals surface area contributed by atoms with Gasteiger partial charge in [-0.3, -0.25) is 0 Å². The summed E-state index contributed by atoms with van der Waals surface area (Å²) in [6.45, 7) is 6.22. The lowest BCUT2D eigenvalue weighted by Crippen LogP contribution is -2.31. The molecule has 0 saturated carbocycles. The van der Waals surface area contributed by atoms with Crippen molar-refractivity contribution in [2.24, 2.45) is 0 Å². The molecule has 0 radical (unpaired) electrons. The number of nitrogens with one attached hydrogen (secondary N) is 1. The van der Waals surface area contributed by atoms with Gasteiger partial charge in [-0.1, -0.05) is 23.2 Å². The van der Waals surface area contributed by atoms with Crippen LogP contribution in [0, 0.1) is 0 Å². The third-order valence-electron chi connectivity index (χ3n) is 2.68. The zero-order valence-electron chi connectivity index (χ0n) is 10.7. The summed E-state index contributed by atoms with van der Waals surface area (Å²) < 4.78 is 5.40. The molecule has 96 valence electrons. The number of rotatable bonds is 5. The van der Waals surface area contributed by atoms with Crippen LogP contribution in [0.15, 0.2) is 18.2 Å². The number of anilines is 1. The van der Waals surface area contributed by atoms with E-state index in [1.807, 2.05) is 6.07 Å². The Hall–Kier alpha value is -0.440. The molecule has 0 aliphatic rings. The van der Waals surface area contributed by atoms with E-state index in [2.05, 4.69) is 26.1 Å². The van der Waals surface area contributed by atoms with Crippen molar-refractivity contribution in [2.45, 2.75) is 38.8 Å². The molecule has 0 bridgehead atoms. The molecule has 4 heteroatoms. The van der Waals surface area contributed by atoms with Gasteiger partial charge in [0.05, 0.1) is 16.3 Å². The quantitative estimate of drug-likeness (QED) is 0.848. The minimum absolute atomic E-state index is 0.155. The monoisotopic (exact) mass is 275 g/mol. The van der Waals surface area contributed by atoms with Gasteiger partial charge in [0, 0.05) is 18.2 Å². The molecule has 17 heavy (non-hydrogen) atoms. The lowest BCUT2D eigenvalue weighted by molar-refractivity contribution is 0.0128. The minimum atomic E-state index is -0.155. The van der Waals surface area contributed by atoms with Gasteiger partial charge >= 0.3 is 0 Å². The Labute approximate surface area is 113 Å². The molecule has 1 aromatic rings. The lowest BCUT2D eigenvalue weighted by atomic mass is 10.00. The van der Waals surface area contributed by atoms with Crippen molar-refractivity contribution < 1.29 is 4.74 Å². The number of hydrogen-bond donors (Lipinski definition) is 1. The number of benzene rings is 1. The Bertz CT molecular complexity index is 380. The molecule has 0 fully saturated rings. The molecule has 0 amide bonds. The molecular formula is C13H19Cl2NO. The highest BCUT2D eigenvalue weighted by Crippen LogP contribution is 2.27. The Morgan fingerprint density at radius 2 is 2.00 bits per heavy atom. The molecule has 1 rings (SSSR count). The van der Waals surface area contributed by atoms with Gasteiger partial charge in [0.25, 0.3) is 0 Å². The molecule has 2 nitrogen and oxygen atoms in total. The highest BCUT2D eigenvalue weighted by Gasteiger charge is 2.20. The van der Waals surface area contributed by atoms with E-state index in [0.717, 1.165) is 12.1 Å². The predicted octanol–water partition coefficient (Wildman–Crippen LogP) is 4.61. The second kappa shape index (κ2) is 5.94. The zero-order valence-corrected chi connectivity index (χ0v) is 12.2. The summed E-state index contributed by atoms with van der Waals surface area (Å²) in [5.41, 5.74) is 0.704.